The van der Waals surface area contributed by atoms with Crippen LogP contribution in [0.3, 0.4) is 0 Å². The highest BCUT2D eigenvalue weighted by molar-refractivity contribution is 5.88. The number of nitrogens with zero attached hydrogens (tertiary/aromatic N) is 2. The number of amides is 1. The Bertz CT molecular complexity index is 1320. The summed E-state index contributed by atoms with van der Waals surface area (Å²) >= 11 is 0. The van der Waals surface area contributed by atoms with Gasteiger partial charge in [0.1, 0.15) is 11.4 Å². The third-order valence-electron chi connectivity index (χ3n) is 5.74. The number of aromatic amines is 1. The number of para-hydroxylation sites is 1. The summed E-state index contributed by atoms with van der Waals surface area (Å²) in [5.74, 6) is 0.840. The third kappa shape index (κ3) is 4.10. The number of hydrogen-bond donors (Lipinski definition) is 1. The Hall–Kier alpha value is -3.41. The van der Waals surface area contributed by atoms with Crippen LogP contribution in [0.5, 0.6) is 0 Å². The van der Waals surface area contributed by atoms with Gasteiger partial charge in [-0.15, -0.1) is 0 Å². The van der Waals surface area contributed by atoms with Crippen molar-refractivity contribution in [2.24, 2.45) is 0 Å². The van der Waals surface area contributed by atoms with E-state index in [0.29, 0.717) is 29.2 Å². The molecule has 6 heteroatoms. The molecule has 0 unspecified atom stereocenters. The fraction of sp³-hybridized carbons (Fsp3) is 0.320. The minimum absolute atomic E-state index is 0.0346. The van der Waals surface area contributed by atoms with Crippen molar-refractivity contribution in [1.29, 1.82) is 0 Å². The zero-order valence-corrected chi connectivity index (χ0v) is 18.4. The smallest absolute Gasteiger partial charge is 0.258 e. The van der Waals surface area contributed by atoms with Crippen LogP contribution in [0.25, 0.3) is 21.9 Å². The number of carbonyl (C=O) groups is 1. The molecule has 1 N–H and O–H groups in total. The van der Waals surface area contributed by atoms with Crippen LogP contribution in [-0.2, 0) is 17.8 Å². The van der Waals surface area contributed by atoms with Gasteiger partial charge in [-0.25, -0.2) is 4.98 Å². The number of carbonyl (C=O) groups excluding carboxylic acids is 1. The summed E-state index contributed by atoms with van der Waals surface area (Å²) in [7, 11) is 0. The van der Waals surface area contributed by atoms with Crippen LogP contribution < -0.4 is 5.56 Å². The highest BCUT2D eigenvalue weighted by Crippen LogP contribution is 2.29. The fourth-order valence-electron chi connectivity index (χ4n) is 4.05. The van der Waals surface area contributed by atoms with Gasteiger partial charge in [-0.05, 0) is 55.2 Å². The van der Waals surface area contributed by atoms with Gasteiger partial charge >= 0.3 is 0 Å². The van der Waals surface area contributed by atoms with Gasteiger partial charge in [-0.1, -0.05) is 26.0 Å². The van der Waals surface area contributed by atoms with Gasteiger partial charge in [-0.3, -0.25) is 9.59 Å². The maximum atomic E-state index is 13.1. The second-order valence-corrected chi connectivity index (χ2v) is 8.24. The number of likely N-dealkylation sites (N-methyl/N-ethyl adjacent to an activating group) is 1. The van der Waals surface area contributed by atoms with Crippen molar-refractivity contribution in [1.82, 2.24) is 14.9 Å². The van der Waals surface area contributed by atoms with E-state index in [9.17, 15) is 9.59 Å². The van der Waals surface area contributed by atoms with E-state index in [-0.39, 0.29) is 24.4 Å². The van der Waals surface area contributed by atoms with E-state index in [1.807, 2.05) is 25.1 Å². The normalized spacial score (nSPS) is 11.5. The second-order valence-electron chi connectivity index (χ2n) is 8.24. The van der Waals surface area contributed by atoms with Crippen molar-refractivity contribution in [3.63, 3.8) is 0 Å². The molecular weight excluding hydrogens is 390 g/mol. The quantitative estimate of drug-likeness (QED) is 0.493. The number of nitrogens with one attached hydrogen (secondary N) is 1. The SMILES string of the molecule is CCN(Cc1nc2ccccc2c(=O)[nH]1)C(=O)Cc1coc2cc(C)c(C(C)C)cc12. The standard InChI is InChI=1S/C25H27N3O3/c1-5-28(13-23-26-21-9-7-6-8-18(21)25(30)27-23)24(29)11-17-14-31-22-10-16(4)19(15(2)3)12-20(17)22/h6-10,12,14-15H,5,11,13H2,1-4H3,(H,26,27,30). The van der Waals surface area contributed by atoms with Crippen molar-refractivity contribution < 1.29 is 9.21 Å². The van der Waals surface area contributed by atoms with E-state index >= 15 is 0 Å². The van der Waals surface area contributed by atoms with Crippen molar-refractivity contribution in [2.45, 2.75) is 46.6 Å². The van der Waals surface area contributed by atoms with Crippen molar-refractivity contribution in [2.75, 3.05) is 6.54 Å². The van der Waals surface area contributed by atoms with Crippen LogP contribution in [0.15, 0.2) is 51.9 Å². The lowest BCUT2D eigenvalue weighted by Gasteiger charge is -2.20. The number of furan rings is 1. The van der Waals surface area contributed by atoms with Gasteiger partial charge in [-0.2, -0.15) is 0 Å². The van der Waals surface area contributed by atoms with Crippen LogP contribution in [0.2, 0.25) is 0 Å². The van der Waals surface area contributed by atoms with E-state index in [0.717, 1.165) is 16.5 Å². The van der Waals surface area contributed by atoms with Crippen molar-refractivity contribution in [3.05, 3.63) is 75.5 Å². The molecule has 0 radical (unpaired) electrons. The Morgan fingerprint density at radius 1 is 1.19 bits per heavy atom. The molecule has 2 heterocycles. The molecule has 0 saturated heterocycles. The maximum Gasteiger partial charge on any atom is 0.258 e. The molecule has 0 bridgehead atoms. The highest BCUT2D eigenvalue weighted by Gasteiger charge is 2.18. The maximum absolute atomic E-state index is 13.1. The topological polar surface area (TPSA) is 79.2 Å². The van der Waals surface area contributed by atoms with E-state index in [2.05, 4.69) is 36.8 Å². The van der Waals surface area contributed by atoms with E-state index in [1.54, 1.807) is 23.3 Å². The number of H-pyrrole nitrogens is 1. The second kappa shape index (κ2) is 8.38. The van der Waals surface area contributed by atoms with Crippen LogP contribution in [0.4, 0.5) is 0 Å². The van der Waals surface area contributed by atoms with Crippen LogP contribution in [-0.4, -0.2) is 27.3 Å². The molecule has 0 spiro atoms. The number of fused-ring (bicyclic) bond motifs is 2. The number of hydrogen-bond acceptors (Lipinski definition) is 4. The fourth-order valence-corrected chi connectivity index (χ4v) is 4.05. The third-order valence-corrected chi connectivity index (χ3v) is 5.74. The highest BCUT2D eigenvalue weighted by atomic mass is 16.3. The van der Waals surface area contributed by atoms with Gasteiger partial charge in [0, 0.05) is 17.5 Å². The molecule has 31 heavy (non-hydrogen) atoms. The van der Waals surface area contributed by atoms with E-state index in [4.69, 9.17) is 4.42 Å². The summed E-state index contributed by atoms with van der Waals surface area (Å²) in [6.45, 7) is 9.09. The molecule has 0 fully saturated rings. The zero-order valence-electron chi connectivity index (χ0n) is 18.4. The molecule has 1 amide bonds. The van der Waals surface area contributed by atoms with Gasteiger partial charge < -0.3 is 14.3 Å². The molecule has 2 aromatic heterocycles. The predicted octanol–water partition coefficient (Wildman–Crippen LogP) is 4.69. The van der Waals surface area contributed by atoms with Gasteiger partial charge in [0.2, 0.25) is 5.91 Å². The summed E-state index contributed by atoms with van der Waals surface area (Å²) in [5.41, 5.74) is 4.56. The first-order chi connectivity index (χ1) is 14.9. The van der Waals surface area contributed by atoms with Crippen molar-refractivity contribution in [3.8, 4) is 0 Å². The number of benzene rings is 2. The Morgan fingerprint density at radius 2 is 1.97 bits per heavy atom. The largest absolute Gasteiger partial charge is 0.464 e. The van der Waals surface area contributed by atoms with Crippen LogP contribution >= 0.6 is 0 Å². The van der Waals surface area contributed by atoms with Crippen molar-refractivity contribution >= 4 is 27.8 Å². The summed E-state index contributed by atoms with van der Waals surface area (Å²) in [5, 5.41) is 1.53. The summed E-state index contributed by atoms with van der Waals surface area (Å²) in [4.78, 5) is 34.5. The molecule has 2 aromatic carbocycles. The van der Waals surface area contributed by atoms with Gasteiger partial charge in [0.15, 0.2) is 0 Å². The zero-order chi connectivity index (χ0) is 22.1. The molecule has 0 saturated carbocycles. The predicted molar refractivity (Wildman–Crippen MR) is 122 cm³/mol. The molecule has 0 aliphatic rings. The Balaban J connectivity index is 1.59. The number of aromatic nitrogens is 2. The minimum atomic E-state index is -0.193. The van der Waals surface area contributed by atoms with E-state index < -0.39 is 0 Å². The Kier molecular flexibility index (Phi) is 5.63. The lowest BCUT2D eigenvalue weighted by molar-refractivity contribution is -0.131. The summed E-state index contributed by atoms with van der Waals surface area (Å²) in [6.07, 6.45) is 1.91. The summed E-state index contributed by atoms with van der Waals surface area (Å²) < 4.78 is 5.73. The Morgan fingerprint density at radius 3 is 2.71 bits per heavy atom. The lowest BCUT2D eigenvalue weighted by Crippen LogP contribution is -2.33. The lowest BCUT2D eigenvalue weighted by atomic mass is 9.95. The van der Waals surface area contributed by atoms with Gasteiger partial charge in [0.05, 0.1) is 30.1 Å². The molecule has 6 nitrogen and oxygen atoms in total. The monoisotopic (exact) mass is 417 g/mol. The van der Waals surface area contributed by atoms with Gasteiger partial charge in [0.25, 0.3) is 5.56 Å². The molecule has 0 atom stereocenters. The average molecular weight is 418 g/mol. The Labute approximate surface area is 180 Å². The molecule has 0 aliphatic carbocycles. The number of aryl methyl sites for hydroxylation is 1. The molecule has 160 valence electrons. The van der Waals surface area contributed by atoms with Crippen LogP contribution in [0.1, 0.15) is 49.2 Å². The first-order valence-electron chi connectivity index (χ1n) is 10.6. The first-order valence-corrected chi connectivity index (χ1v) is 10.6. The van der Waals surface area contributed by atoms with Crippen LogP contribution in [0, 0.1) is 6.92 Å². The average Bonchev–Trinajstić information content (AvgIpc) is 3.12. The molecule has 0 aliphatic heterocycles. The number of rotatable bonds is 6. The molecular formula is C25H27N3O3. The first kappa shape index (κ1) is 20.8. The molecule has 4 aromatic rings. The minimum Gasteiger partial charge on any atom is -0.464 e. The van der Waals surface area contributed by atoms with E-state index in [1.165, 1.54) is 11.1 Å². The summed E-state index contributed by atoms with van der Waals surface area (Å²) in [6, 6.07) is 11.4. The molecule has 4 rings (SSSR count).